The van der Waals surface area contributed by atoms with Crippen molar-refractivity contribution < 1.29 is 5.11 Å². The van der Waals surface area contributed by atoms with Gasteiger partial charge in [0.15, 0.2) is 0 Å². The Kier molecular flexibility index (Phi) is 3.71. The zero-order valence-electron chi connectivity index (χ0n) is 9.01. The molecular formula is C10H22N2O. The van der Waals surface area contributed by atoms with Crippen LogP contribution in [-0.2, 0) is 0 Å². The molecule has 1 atom stereocenters. The highest BCUT2D eigenvalue weighted by Crippen LogP contribution is 2.08. The molecule has 1 aliphatic heterocycles. The summed E-state index contributed by atoms with van der Waals surface area (Å²) in [7, 11) is 2.15. The molecular weight excluding hydrogens is 164 g/mol. The lowest BCUT2D eigenvalue weighted by atomic mass is 10.0. The summed E-state index contributed by atoms with van der Waals surface area (Å²) in [6.45, 7) is 6.68. The Morgan fingerprint density at radius 1 is 1.54 bits per heavy atom. The van der Waals surface area contributed by atoms with Crippen molar-refractivity contribution in [3.8, 4) is 0 Å². The molecule has 0 aliphatic carbocycles. The van der Waals surface area contributed by atoms with Crippen LogP contribution in [-0.4, -0.2) is 48.3 Å². The number of rotatable bonds is 3. The first-order valence-electron chi connectivity index (χ1n) is 5.12. The number of aliphatic hydroxyl groups is 1. The van der Waals surface area contributed by atoms with E-state index >= 15 is 0 Å². The number of nitrogens with one attached hydrogen (secondary N) is 1. The lowest BCUT2D eigenvalue weighted by molar-refractivity contribution is 0.0718. The van der Waals surface area contributed by atoms with E-state index in [1.165, 1.54) is 19.4 Å². The van der Waals surface area contributed by atoms with Crippen LogP contribution in [0.2, 0.25) is 0 Å². The lowest BCUT2D eigenvalue weighted by Crippen LogP contribution is -2.48. The van der Waals surface area contributed by atoms with Crippen molar-refractivity contribution in [3.05, 3.63) is 0 Å². The summed E-state index contributed by atoms with van der Waals surface area (Å²) in [6, 6.07) is 0.560. The Bertz CT molecular complexity index is 153. The Morgan fingerprint density at radius 2 is 2.23 bits per heavy atom. The normalized spacial score (nSPS) is 26.3. The van der Waals surface area contributed by atoms with Crippen LogP contribution in [0.15, 0.2) is 0 Å². The third-order valence-electron chi connectivity index (χ3n) is 2.45. The predicted octanol–water partition coefficient (Wildman–Crippen LogP) is 0.441. The Morgan fingerprint density at radius 3 is 2.77 bits per heavy atom. The standard InChI is InChI=1S/C10H22N2O/c1-10(2,13)8-11-9-5-4-6-12(3)7-9/h9,11,13H,4-8H2,1-3H3. The molecule has 0 bridgehead atoms. The van der Waals surface area contributed by atoms with E-state index in [4.69, 9.17) is 0 Å². The fraction of sp³-hybridized carbons (Fsp3) is 1.00. The number of hydrogen-bond donors (Lipinski definition) is 2. The van der Waals surface area contributed by atoms with Gasteiger partial charge < -0.3 is 15.3 Å². The van der Waals surface area contributed by atoms with Gasteiger partial charge in [0.2, 0.25) is 0 Å². The second kappa shape index (κ2) is 4.40. The Balaban J connectivity index is 2.21. The second-order valence-corrected chi connectivity index (χ2v) is 4.79. The molecule has 78 valence electrons. The number of nitrogens with zero attached hydrogens (tertiary/aromatic N) is 1. The van der Waals surface area contributed by atoms with E-state index < -0.39 is 5.60 Å². The van der Waals surface area contributed by atoms with Crippen molar-refractivity contribution in [2.45, 2.75) is 38.3 Å². The zero-order valence-corrected chi connectivity index (χ0v) is 9.01. The van der Waals surface area contributed by atoms with Crippen LogP contribution in [0, 0.1) is 0 Å². The quantitative estimate of drug-likeness (QED) is 0.671. The van der Waals surface area contributed by atoms with E-state index in [1.54, 1.807) is 0 Å². The van der Waals surface area contributed by atoms with Gasteiger partial charge in [-0.3, -0.25) is 0 Å². The highest BCUT2D eigenvalue weighted by atomic mass is 16.3. The molecule has 0 spiro atoms. The summed E-state index contributed by atoms with van der Waals surface area (Å²) in [6.07, 6.45) is 2.50. The van der Waals surface area contributed by atoms with Crippen molar-refractivity contribution in [1.82, 2.24) is 10.2 Å². The number of likely N-dealkylation sites (N-methyl/N-ethyl adjacent to an activating group) is 1. The van der Waals surface area contributed by atoms with Crippen LogP contribution >= 0.6 is 0 Å². The molecule has 1 fully saturated rings. The van der Waals surface area contributed by atoms with Crippen molar-refractivity contribution >= 4 is 0 Å². The molecule has 3 nitrogen and oxygen atoms in total. The summed E-state index contributed by atoms with van der Waals surface area (Å²) in [5, 5.41) is 12.9. The minimum Gasteiger partial charge on any atom is -0.389 e. The van der Waals surface area contributed by atoms with Crippen molar-refractivity contribution in [2.75, 3.05) is 26.7 Å². The molecule has 0 saturated carbocycles. The SMILES string of the molecule is CN1CCCC(NCC(C)(C)O)C1. The molecule has 3 heteroatoms. The van der Waals surface area contributed by atoms with Crippen molar-refractivity contribution in [2.24, 2.45) is 0 Å². The largest absolute Gasteiger partial charge is 0.389 e. The second-order valence-electron chi connectivity index (χ2n) is 4.79. The third kappa shape index (κ3) is 4.60. The first-order chi connectivity index (χ1) is 5.97. The summed E-state index contributed by atoms with van der Waals surface area (Å²) in [5.74, 6) is 0. The van der Waals surface area contributed by atoms with Crippen LogP contribution in [0.1, 0.15) is 26.7 Å². The topological polar surface area (TPSA) is 35.5 Å². The van der Waals surface area contributed by atoms with Crippen LogP contribution < -0.4 is 5.32 Å². The van der Waals surface area contributed by atoms with Gasteiger partial charge in [-0.15, -0.1) is 0 Å². The highest BCUT2D eigenvalue weighted by Gasteiger charge is 2.19. The van der Waals surface area contributed by atoms with Crippen LogP contribution in [0.25, 0.3) is 0 Å². The predicted molar refractivity (Wildman–Crippen MR) is 54.8 cm³/mol. The molecule has 1 heterocycles. The minimum absolute atomic E-state index is 0.560. The summed E-state index contributed by atoms with van der Waals surface area (Å²) >= 11 is 0. The van der Waals surface area contributed by atoms with Gasteiger partial charge in [0.1, 0.15) is 0 Å². The first-order valence-corrected chi connectivity index (χ1v) is 5.12. The maximum atomic E-state index is 9.54. The summed E-state index contributed by atoms with van der Waals surface area (Å²) < 4.78 is 0. The van der Waals surface area contributed by atoms with E-state index in [-0.39, 0.29) is 0 Å². The van der Waals surface area contributed by atoms with E-state index in [2.05, 4.69) is 17.3 Å². The maximum absolute atomic E-state index is 9.54. The molecule has 0 aromatic carbocycles. The van der Waals surface area contributed by atoms with Crippen molar-refractivity contribution in [1.29, 1.82) is 0 Å². The molecule has 0 radical (unpaired) electrons. The molecule has 13 heavy (non-hydrogen) atoms. The van der Waals surface area contributed by atoms with Crippen molar-refractivity contribution in [3.63, 3.8) is 0 Å². The smallest absolute Gasteiger partial charge is 0.0715 e. The molecule has 1 aliphatic rings. The van der Waals surface area contributed by atoms with Gasteiger partial charge in [-0.05, 0) is 40.3 Å². The van der Waals surface area contributed by atoms with Gasteiger partial charge in [0.05, 0.1) is 5.60 Å². The van der Waals surface area contributed by atoms with Gasteiger partial charge in [0, 0.05) is 19.1 Å². The average molecular weight is 186 g/mol. The molecule has 0 amide bonds. The van der Waals surface area contributed by atoms with E-state index in [0.29, 0.717) is 12.6 Å². The fourth-order valence-electron chi connectivity index (χ4n) is 1.73. The summed E-state index contributed by atoms with van der Waals surface area (Å²) in [5.41, 5.74) is -0.587. The molecule has 0 aromatic rings. The van der Waals surface area contributed by atoms with Gasteiger partial charge in [-0.1, -0.05) is 0 Å². The Labute approximate surface area is 81.1 Å². The lowest BCUT2D eigenvalue weighted by Gasteiger charge is -2.32. The van der Waals surface area contributed by atoms with Crippen LogP contribution in [0.3, 0.4) is 0 Å². The molecule has 2 N–H and O–H groups in total. The van der Waals surface area contributed by atoms with E-state index in [1.807, 2.05) is 13.8 Å². The molecule has 0 aromatic heterocycles. The summed E-state index contributed by atoms with van der Waals surface area (Å²) in [4.78, 5) is 2.34. The number of piperidine rings is 1. The van der Waals surface area contributed by atoms with Gasteiger partial charge in [-0.2, -0.15) is 0 Å². The molecule has 1 unspecified atom stereocenters. The van der Waals surface area contributed by atoms with Crippen LogP contribution in [0.4, 0.5) is 0 Å². The average Bonchev–Trinajstić information content (AvgIpc) is 2.00. The monoisotopic (exact) mass is 186 g/mol. The Hall–Kier alpha value is -0.120. The number of hydrogen-bond acceptors (Lipinski definition) is 3. The van der Waals surface area contributed by atoms with E-state index in [9.17, 15) is 5.11 Å². The first kappa shape index (κ1) is 11.0. The third-order valence-corrected chi connectivity index (χ3v) is 2.45. The maximum Gasteiger partial charge on any atom is 0.0715 e. The minimum atomic E-state index is -0.587. The van der Waals surface area contributed by atoms with Gasteiger partial charge in [0.25, 0.3) is 0 Å². The zero-order chi connectivity index (χ0) is 9.90. The van der Waals surface area contributed by atoms with Gasteiger partial charge >= 0.3 is 0 Å². The molecule has 1 saturated heterocycles. The van der Waals surface area contributed by atoms with Crippen LogP contribution in [0.5, 0.6) is 0 Å². The molecule has 1 rings (SSSR count). The number of likely N-dealkylation sites (tertiary alicyclic amines) is 1. The highest BCUT2D eigenvalue weighted by molar-refractivity contribution is 4.79. The van der Waals surface area contributed by atoms with E-state index in [0.717, 1.165) is 6.54 Å². The fourth-order valence-corrected chi connectivity index (χ4v) is 1.73. The van der Waals surface area contributed by atoms with Gasteiger partial charge in [-0.25, -0.2) is 0 Å².